The molecule has 152 valence electrons. The van der Waals surface area contributed by atoms with Crippen molar-refractivity contribution in [2.45, 2.75) is 24.9 Å². The lowest BCUT2D eigenvalue weighted by molar-refractivity contribution is -0.125. The van der Waals surface area contributed by atoms with Crippen LogP contribution in [0.5, 0.6) is 0 Å². The maximum Gasteiger partial charge on any atom is 0.247 e. The summed E-state index contributed by atoms with van der Waals surface area (Å²) in [6.07, 6.45) is 1.65. The Labute approximate surface area is 177 Å². The van der Waals surface area contributed by atoms with E-state index in [1.165, 1.54) is 0 Å². The summed E-state index contributed by atoms with van der Waals surface area (Å²) in [5.41, 5.74) is 3.90. The highest BCUT2D eigenvalue weighted by molar-refractivity contribution is 5.93. The third kappa shape index (κ3) is 3.46. The van der Waals surface area contributed by atoms with E-state index in [1.807, 2.05) is 36.4 Å². The van der Waals surface area contributed by atoms with E-state index in [1.54, 1.807) is 0 Å². The molecule has 5 heteroatoms. The third-order valence-corrected chi connectivity index (χ3v) is 6.35. The molecule has 1 N–H and O–H groups in total. The molecule has 0 unspecified atom stereocenters. The molecule has 1 aromatic heterocycles. The van der Waals surface area contributed by atoms with Crippen LogP contribution in [-0.2, 0) is 11.3 Å². The van der Waals surface area contributed by atoms with Crippen molar-refractivity contribution in [3.05, 3.63) is 84.6 Å². The molecular weight excluding hydrogens is 372 g/mol. The van der Waals surface area contributed by atoms with Crippen molar-refractivity contribution in [2.24, 2.45) is 0 Å². The number of aromatic nitrogens is 1. The molecule has 1 spiro atoms. The summed E-state index contributed by atoms with van der Waals surface area (Å²) in [4.78, 5) is 22.4. The van der Waals surface area contributed by atoms with Crippen molar-refractivity contribution >= 4 is 11.6 Å². The number of rotatable bonds is 4. The van der Waals surface area contributed by atoms with Crippen molar-refractivity contribution in [3.8, 4) is 11.3 Å². The van der Waals surface area contributed by atoms with Gasteiger partial charge in [0.05, 0.1) is 18.1 Å². The molecule has 30 heavy (non-hydrogen) atoms. The van der Waals surface area contributed by atoms with Gasteiger partial charge in [0.2, 0.25) is 5.91 Å². The molecule has 2 fully saturated rings. The lowest BCUT2D eigenvalue weighted by Crippen LogP contribution is -2.56. The van der Waals surface area contributed by atoms with Crippen LogP contribution in [0.3, 0.4) is 0 Å². The summed E-state index contributed by atoms with van der Waals surface area (Å²) in [5, 5.41) is 3.07. The van der Waals surface area contributed by atoms with E-state index in [-0.39, 0.29) is 5.91 Å². The quantitative estimate of drug-likeness (QED) is 0.728. The van der Waals surface area contributed by atoms with Gasteiger partial charge in [-0.15, -0.1) is 0 Å². The molecule has 3 aromatic rings. The van der Waals surface area contributed by atoms with Gasteiger partial charge in [-0.2, -0.15) is 0 Å². The first-order valence-electron chi connectivity index (χ1n) is 10.6. The maximum atomic E-state index is 12.8. The zero-order valence-corrected chi connectivity index (χ0v) is 17.0. The van der Waals surface area contributed by atoms with Crippen LogP contribution in [-0.4, -0.2) is 41.1 Å². The Morgan fingerprint density at radius 3 is 2.30 bits per heavy atom. The zero-order chi connectivity index (χ0) is 20.4. The molecule has 0 aliphatic carbocycles. The normalized spacial score (nSPS) is 18.5. The van der Waals surface area contributed by atoms with Gasteiger partial charge < -0.3 is 10.2 Å². The van der Waals surface area contributed by atoms with Crippen LogP contribution in [0.25, 0.3) is 11.3 Å². The molecular formula is C25H26N4O. The van der Waals surface area contributed by atoms with Crippen LogP contribution < -0.4 is 10.2 Å². The SMILES string of the molecule is O=C1NCN(c2ccccc2)C12CCN(Cc1cccc(-c3ccccc3)n1)CC2. The summed E-state index contributed by atoms with van der Waals surface area (Å²) >= 11 is 0. The molecule has 0 saturated carbocycles. The Hall–Kier alpha value is -3.18. The molecule has 0 bridgehead atoms. The smallest absolute Gasteiger partial charge is 0.247 e. The Morgan fingerprint density at radius 1 is 0.867 bits per heavy atom. The molecule has 1 amide bonds. The Bertz CT molecular complexity index is 1010. The number of anilines is 1. The number of nitrogens with zero attached hydrogens (tertiary/aromatic N) is 3. The Balaban J connectivity index is 1.29. The van der Waals surface area contributed by atoms with Crippen LogP contribution in [0.4, 0.5) is 5.69 Å². The molecule has 2 saturated heterocycles. The standard InChI is InChI=1S/C25H26N4O/c30-24-25(29(19-26-24)22-11-5-2-6-12-22)14-16-28(17-15-25)18-21-10-7-13-23(27-21)20-8-3-1-4-9-20/h1-13H,14-19H2,(H,26,30). The number of carbonyl (C=O) groups is 1. The molecule has 2 aliphatic rings. The summed E-state index contributed by atoms with van der Waals surface area (Å²) in [5.74, 6) is 0.162. The number of benzene rings is 2. The fourth-order valence-electron chi connectivity index (χ4n) is 4.68. The van der Waals surface area contributed by atoms with E-state index in [9.17, 15) is 4.79 Å². The molecule has 5 nitrogen and oxygen atoms in total. The number of likely N-dealkylation sites (tertiary alicyclic amines) is 1. The predicted molar refractivity (Wildman–Crippen MR) is 119 cm³/mol. The number of nitrogens with one attached hydrogen (secondary N) is 1. The van der Waals surface area contributed by atoms with Gasteiger partial charge in [0, 0.05) is 30.9 Å². The lowest BCUT2D eigenvalue weighted by Gasteiger charge is -2.43. The second-order valence-electron chi connectivity index (χ2n) is 8.12. The van der Waals surface area contributed by atoms with Gasteiger partial charge >= 0.3 is 0 Å². The highest BCUT2D eigenvalue weighted by Gasteiger charge is 2.50. The Morgan fingerprint density at radius 2 is 1.57 bits per heavy atom. The second-order valence-corrected chi connectivity index (χ2v) is 8.12. The second kappa shape index (κ2) is 7.92. The minimum absolute atomic E-state index is 0.162. The molecule has 0 atom stereocenters. The molecule has 5 rings (SSSR count). The minimum Gasteiger partial charge on any atom is -0.339 e. The highest BCUT2D eigenvalue weighted by atomic mass is 16.2. The largest absolute Gasteiger partial charge is 0.339 e. The van der Waals surface area contributed by atoms with Crippen molar-refractivity contribution in [1.82, 2.24) is 15.2 Å². The number of hydrogen-bond acceptors (Lipinski definition) is 4. The fourth-order valence-corrected chi connectivity index (χ4v) is 4.68. The van der Waals surface area contributed by atoms with Crippen LogP contribution in [0.15, 0.2) is 78.9 Å². The number of piperidine rings is 1. The summed E-state index contributed by atoms with van der Waals surface area (Å²) in [6, 6.07) is 26.8. The van der Waals surface area contributed by atoms with Crippen LogP contribution in [0.2, 0.25) is 0 Å². The van der Waals surface area contributed by atoms with Crippen LogP contribution >= 0.6 is 0 Å². The van der Waals surface area contributed by atoms with Crippen molar-refractivity contribution in [2.75, 3.05) is 24.7 Å². The number of carbonyl (C=O) groups excluding carboxylic acids is 1. The van der Waals surface area contributed by atoms with Gasteiger partial charge in [-0.3, -0.25) is 14.7 Å². The van der Waals surface area contributed by atoms with E-state index in [0.29, 0.717) is 6.67 Å². The maximum absolute atomic E-state index is 12.8. The van der Waals surface area contributed by atoms with E-state index in [0.717, 1.165) is 55.1 Å². The van der Waals surface area contributed by atoms with E-state index in [2.05, 4.69) is 57.6 Å². The first-order chi connectivity index (χ1) is 14.7. The number of amides is 1. The summed E-state index contributed by atoms with van der Waals surface area (Å²) in [6.45, 7) is 3.16. The molecule has 2 aliphatic heterocycles. The van der Waals surface area contributed by atoms with Crippen LogP contribution in [0, 0.1) is 0 Å². The molecule has 0 radical (unpaired) electrons. The van der Waals surface area contributed by atoms with Gasteiger partial charge in [-0.1, -0.05) is 54.6 Å². The highest BCUT2D eigenvalue weighted by Crippen LogP contribution is 2.36. The van der Waals surface area contributed by atoms with Gasteiger partial charge in [0.15, 0.2) is 0 Å². The molecule has 3 heterocycles. The first-order valence-corrected chi connectivity index (χ1v) is 10.6. The lowest BCUT2D eigenvalue weighted by atomic mass is 9.85. The van der Waals surface area contributed by atoms with Gasteiger partial charge in [-0.25, -0.2) is 0 Å². The average Bonchev–Trinajstić information content (AvgIpc) is 3.12. The predicted octanol–water partition coefficient (Wildman–Crippen LogP) is 3.68. The zero-order valence-electron chi connectivity index (χ0n) is 17.0. The van der Waals surface area contributed by atoms with Crippen molar-refractivity contribution < 1.29 is 4.79 Å². The van der Waals surface area contributed by atoms with E-state index >= 15 is 0 Å². The number of para-hydroxylation sites is 1. The van der Waals surface area contributed by atoms with Crippen molar-refractivity contribution in [1.29, 1.82) is 0 Å². The monoisotopic (exact) mass is 398 g/mol. The number of pyridine rings is 1. The van der Waals surface area contributed by atoms with Crippen LogP contribution in [0.1, 0.15) is 18.5 Å². The number of hydrogen-bond donors (Lipinski definition) is 1. The van der Waals surface area contributed by atoms with Crippen molar-refractivity contribution in [3.63, 3.8) is 0 Å². The van der Waals surface area contributed by atoms with E-state index in [4.69, 9.17) is 4.98 Å². The third-order valence-electron chi connectivity index (χ3n) is 6.35. The van der Waals surface area contributed by atoms with Gasteiger partial charge in [0.25, 0.3) is 0 Å². The minimum atomic E-state index is -0.433. The van der Waals surface area contributed by atoms with E-state index < -0.39 is 5.54 Å². The van der Waals surface area contributed by atoms with Gasteiger partial charge in [-0.05, 0) is 37.1 Å². The topological polar surface area (TPSA) is 48.5 Å². The fraction of sp³-hybridized carbons (Fsp3) is 0.280. The summed E-state index contributed by atoms with van der Waals surface area (Å²) < 4.78 is 0. The Kier molecular flexibility index (Phi) is 4.97. The first kappa shape index (κ1) is 18.8. The molecule has 2 aromatic carbocycles. The van der Waals surface area contributed by atoms with Gasteiger partial charge in [0.1, 0.15) is 5.54 Å². The summed E-state index contributed by atoms with van der Waals surface area (Å²) in [7, 11) is 0. The average molecular weight is 399 g/mol.